The summed E-state index contributed by atoms with van der Waals surface area (Å²) in [5, 5.41) is 0. The maximum absolute atomic E-state index is 12.4. The SMILES string of the molecule is Cc1ncsc1CN(C)C[C@H]1CCN(C(=O)Cn2ccccc2=O)C1. The van der Waals surface area contributed by atoms with Crippen molar-refractivity contribution in [1.29, 1.82) is 0 Å². The van der Waals surface area contributed by atoms with Gasteiger partial charge in [-0.1, -0.05) is 6.07 Å². The van der Waals surface area contributed by atoms with Crippen LogP contribution in [0.4, 0.5) is 0 Å². The zero-order chi connectivity index (χ0) is 17.8. The molecule has 134 valence electrons. The summed E-state index contributed by atoms with van der Waals surface area (Å²) < 4.78 is 1.47. The van der Waals surface area contributed by atoms with Crippen LogP contribution in [0.15, 0.2) is 34.7 Å². The molecule has 2 aromatic heterocycles. The first kappa shape index (κ1) is 17.8. The van der Waals surface area contributed by atoms with Gasteiger partial charge >= 0.3 is 0 Å². The van der Waals surface area contributed by atoms with Crippen molar-refractivity contribution in [2.75, 3.05) is 26.7 Å². The van der Waals surface area contributed by atoms with Crippen LogP contribution in [0.5, 0.6) is 0 Å². The first-order valence-corrected chi connectivity index (χ1v) is 9.41. The molecule has 0 aliphatic carbocycles. The molecule has 0 radical (unpaired) electrons. The third-order valence-corrected chi connectivity index (χ3v) is 5.59. The van der Waals surface area contributed by atoms with Crippen LogP contribution in [0.3, 0.4) is 0 Å². The summed E-state index contributed by atoms with van der Waals surface area (Å²) >= 11 is 1.69. The molecule has 1 atom stereocenters. The molecule has 1 aliphatic heterocycles. The highest BCUT2D eigenvalue weighted by Gasteiger charge is 2.27. The molecule has 25 heavy (non-hydrogen) atoms. The van der Waals surface area contributed by atoms with Crippen LogP contribution in [0, 0.1) is 12.8 Å². The Labute approximate surface area is 151 Å². The van der Waals surface area contributed by atoms with Crippen LogP contribution in [0.1, 0.15) is 17.0 Å². The van der Waals surface area contributed by atoms with Gasteiger partial charge in [-0.05, 0) is 32.4 Å². The Hall–Kier alpha value is -1.99. The second kappa shape index (κ2) is 7.93. The maximum atomic E-state index is 12.4. The smallest absolute Gasteiger partial charge is 0.250 e. The molecule has 1 aliphatic rings. The number of carbonyl (C=O) groups is 1. The Morgan fingerprint density at radius 3 is 3.00 bits per heavy atom. The van der Waals surface area contributed by atoms with Crippen LogP contribution in [0.2, 0.25) is 0 Å². The van der Waals surface area contributed by atoms with Crippen molar-refractivity contribution < 1.29 is 4.79 Å². The first-order valence-electron chi connectivity index (χ1n) is 8.53. The van der Waals surface area contributed by atoms with Crippen LogP contribution in [-0.2, 0) is 17.9 Å². The third kappa shape index (κ3) is 4.55. The molecule has 6 nitrogen and oxygen atoms in total. The molecule has 0 unspecified atom stereocenters. The minimum absolute atomic E-state index is 0.0248. The highest BCUT2D eigenvalue weighted by molar-refractivity contribution is 7.09. The average Bonchev–Trinajstić information content (AvgIpc) is 3.19. The molecule has 7 heteroatoms. The molecule has 1 fully saturated rings. The predicted octanol–water partition coefficient (Wildman–Crippen LogP) is 1.59. The second-order valence-corrected chi connectivity index (χ2v) is 7.66. The van der Waals surface area contributed by atoms with Gasteiger partial charge in [0.1, 0.15) is 6.54 Å². The van der Waals surface area contributed by atoms with Gasteiger partial charge in [-0.2, -0.15) is 0 Å². The monoisotopic (exact) mass is 360 g/mol. The van der Waals surface area contributed by atoms with Crippen LogP contribution in [0.25, 0.3) is 0 Å². The number of pyridine rings is 1. The number of hydrogen-bond acceptors (Lipinski definition) is 5. The van der Waals surface area contributed by atoms with E-state index in [-0.39, 0.29) is 18.0 Å². The van der Waals surface area contributed by atoms with Crippen molar-refractivity contribution in [2.45, 2.75) is 26.4 Å². The van der Waals surface area contributed by atoms with Crippen LogP contribution >= 0.6 is 11.3 Å². The number of likely N-dealkylation sites (tertiary alicyclic amines) is 1. The van der Waals surface area contributed by atoms with Gasteiger partial charge in [-0.15, -0.1) is 11.3 Å². The molecule has 0 spiro atoms. The normalized spacial score (nSPS) is 17.4. The van der Waals surface area contributed by atoms with E-state index in [0.717, 1.165) is 38.3 Å². The molecule has 3 rings (SSSR count). The molecule has 0 aromatic carbocycles. The summed E-state index contributed by atoms with van der Waals surface area (Å²) in [4.78, 5) is 34.0. The summed E-state index contributed by atoms with van der Waals surface area (Å²) in [6.07, 6.45) is 2.68. The standard InChI is InChI=1S/C18H24N4O2S/c1-14-16(25-13-19-14)11-20(2)9-15-6-8-22(10-15)18(24)12-21-7-4-3-5-17(21)23/h3-5,7,13,15H,6,8-12H2,1-2H3/t15-/m1/s1. The van der Waals surface area contributed by atoms with E-state index in [0.29, 0.717) is 5.92 Å². The summed E-state index contributed by atoms with van der Waals surface area (Å²) in [5.41, 5.74) is 2.86. The van der Waals surface area contributed by atoms with Gasteiger partial charge in [0.15, 0.2) is 0 Å². The minimum atomic E-state index is -0.133. The Kier molecular flexibility index (Phi) is 5.65. The van der Waals surface area contributed by atoms with Crippen LogP contribution in [-0.4, -0.2) is 51.9 Å². The molecule has 0 saturated carbocycles. The maximum Gasteiger partial charge on any atom is 0.250 e. The number of thiazole rings is 1. The molecule has 1 amide bonds. The van der Waals surface area contributed by atoms with Gasteiger partial charge in [-0.3, -0.25) is 9.59 Å². The largest absolute Gasteiger partial charge is 0.341 e. The van der Waals surface area contributed by atoms with Crippen molar-refractivity contribution >= 4 is 17.2 Å². The Morgan fingerprint density at radius 2 is 2.28 bits per heavy atom. The first-order chi connectivity index (χ1) is 12.0. The quantitative estimate of drug-likeness (QED) is 0.785. The van der Waals surface area contributed by atoms with E-state index < -0.39 is 0 Å². The van der Waals surface area contributed by atoms with Gasteiger partial charge in [-0.25, -0.2) is 4.98 Å². The van der Waals surface area contributed by atoms with E-state index in [1.807, 2.05) is 17.3 Å². The van der Waals surface area contributed by atoms with E-state index >= 15 is 0 Å². The zero-order valence-electron chi connectivity index (χ0n) is 14.7. The van der Waals surface area contributed by atoms with E-state index in [1.165, 1.54) is 15.5 Å². The number of nitrogens with zero attached hydrogens (tertiary/aromatic N) is 4. The Morgan fingerprint density at radius 1 is 1.44 bits per heavy atom. The number of rotatable bonds is 6. The number of carbonyl (C=O) groups excluding carboxylic acids is 1. The summed E-state index contributed by atoms with van der Waals surface area (Å²) in [7, 11) is 2.12. The van der Waals surface area contributed by atoms with Crippen molar-refractivity contribution in [3.63, 3.8) is 0 Å². The van der Waals surface area contributed by atoms with Crippen molar-refractivity contribution in [1.82, 2.24) is 19.4 Å². The topological polar surface area (TPSA) is 58.4 Å². The highest BCUT2D eigenvalue weighted by atomic mass is 32.1. The van der Waals surface area contributed by atoms with Gasteiger partial charge in [0.2, 0.25) is 5.91 Å². The van der Waals surface area contributed by atoms with Crippen molar-refractivity contribution in [3.05, 3.63) is 50.8 Å². The Balaban J connectivity index is 1.49. The predicted molar refractivity (Wildman–Crippen MR) is 98.6 cm³/mol. The number of aryl methyl sites for hydroxylation is 1. The fraction of sp³-hybridized carbons (Fsp3) is 0.500. The lowest BCUT2D eigenvalue weighted by Gasteiger charge is -2.21. The summed E-state index contributed by atoms with van der Waals surface area (Å²) in [6.45, 7) is 5.58. The highest BCUT2D eigenvalue weighted by Crippen LogP contribution is 2.20. The van der Waals surface area contributed by atoms with Gasteiger partial charge < -0.3 is 14.4 Å². The third-order valence-electron chi connectivity index (χ3n) is 4.67. The lowest BCUT2D eigenvalue weighted by molar-refractivity contribution is -0.131. The fourth-order valence-corrected chi connectivity index (χ4v) is 4.13. The minimum Gasteiger partial charge on any atom is -0.341 e. The van der Waals surface area contributed by atoms with Gasteiger partial charge in [0.25, 0.3) is 5.56 Å². The number of hydrogen-bond donors (Lipinski definition) is 0. The van der Waals surface area contributed by atoms with E-state index in [1.54, 1.807) is 29.7 Å². The van der Waals surface area contributed by atoms with Gasteiger partial charge in [0.05, 0.1) is 11.2 Å². The van der Waals surface area contributed by atoms with Gasteiger partial charge in [0, 0.05) is 43.3 Å². The zero-order valence-corrected chi connectivity index (χ0v) is 15.5. The number of amides is 1. The fourth-order valence-electron chi connectivity index (χ4n) is 3.27. The summed E-state index contributed by atoms with van der Waals surface area (Å²) in [6, 6.07) is 4.95. The molecule has 0 N–H and O–H groups in total. The second-order valence-electron chi connectivity index (χ2n) is 6.72. The average molecular weight is 360 g/mol. The molecule has 2 aromatic rings. The van der Waals surface area contributed by atoms with Crippen molar-refractivity contribution in [3.8, 4) is 0 Å². The lowest BCUT2D eigenvalue weighted by Crippen LogP contribution is -2.35. The molecular formula is C18H24N4O2S. The van der Waals surface area contributed by atoms with Crippen molar-refractivity contribution in [2.24, 2.45) is 5.92 Å². The molecular weight excluding hydrogens is 336 g/mol. The van der Waals surface area contributed by atoms with E-state index in [2.05, 4.69) is 16.9 Å². The molecule has 0 bridgehead atoms. The van der Waals surface area contributed by atoms with Crippen LogP contribution < -0.4 is 5.56 Å². The molecule has 1 saturated heterocycles. The van der Waals surface area contributed by atoms with E-state index in [4.69, 9.17) is 0 Å². The van der Waals surface area contributed by atoms with E-state index in [9.17, 15) is 9.59 Å². The molecule has 3 heterocycles. The number of aromatic nitrogens is 2. The summed E-state index contributed by atoms with van der Waals surface area (Å²) in [5.74, 6) is 0.506. The Bertz CT molecular complexity index is 785. The lowest BCUT2D eigenvalue weighted by atomic mass is 10.1.